The van der Waals surface area contributed by atoms with E-state index in [1.807, 2.05) is 0 Å². The minimum atomic E-state index is -0.361. The lowest BCUT2D eigenvalue weighted by Gasteiger charge is -2.41. The summed E-state index contributed by atoms with van der Waals surface area (Å²) in [7, 11) is 0. The first-order valence-corrected chi connectivity index (χ1v) is 6.51. The van der Waals surface area contributed by atoms with Crippen LogP contribution >= 0.6 is 0 Å². The highest BCUT2D eigenvalue weighted by Crippen LogP contribution is 2.39. The Kier molecular flexibility index (Phi) is 3.68. The van der Waals surface area contributed by atoms with Crippen LogP contribution in [0, 0.1) is 11.8 Å². The van der Waals surface area contributed by atoms with Crippen molar-refractivity contribution in [3.63, 3.8) is 0 Å². The molecule has 0 amide bonds. The summed E-state index contributed by atoms with van der Waals surface area (Å²) in [5, 5.41) is 10.7. The Hall–Kier alpha value is -0.0800. The van der Waals surface area contributed by atoms with E-state index in [2.05, 4.69) is 6.92 Å². The average molecular weight is 212 g/mol. The Morgan fingerprint density at radius 2 is 1.93 bits per heavy atom. The average Bonchev–Trinajstić information content (AvgIpc) is 2.24. The lowest BCUT2D eigenvalue weighted by Crippen LogP contribution is -2.41. The van der Waals surface area contributed by atoms with Gasteiger partial charge < -0.3 is 9.84 Å². The molecule has 2 heteroatoms. The van der Waals surface area contributed by atoms with E-state index in [0.717, 1.165) is 38.9 Å². The van der Waals surface area contributed by atoms with Gasteiger partial charge in [-0.3, -0.25) is 0 Å². The highest BCUT2D eigenvalue weighted by Gasteiger charge is 2.37. The van der Waals surface area contributed by atoms with Crippen molar-refractivity contribution in [2.24, 2.45) is 11.8 Å². The largest absolute Gasteiger partial charge is 0.390 e. The highest BCUT2D eigenvalue weighted by atomic mass is 16.5. The molecule has 0 bridgehead atoms. The topological polar surface area (TPSA) is 29.5 Å². The Morgan fingerprint density at radius 3 is 2.60 bits per heavy atom. The molecule has 1 saturated heterocycles. The summed E-state index contributed by atoms with van der Waals surface area (Å²) >= 11 is 0. The number of hydrogen-bond acceptors (Lipinski definition) is 2. The molecule has 0 aromatic heterocycles. The van der Waals surface area contributed by atoms with Gasteiger partial charge in [0.25, 0.3) is 0 Å². The van der Waals surface area contributed by atoms with Gasteiger partial charge in [-0.15, -0.1) is 0 Å². The molecule has 1 N–H and O–H groups in total. The number of aliphatic hydroxyl groups is 1. The quantitative estimate of drug-likeness (QED) is 0.762. The van der Waals surface area contributed by atoms with Crippen LogP contribution in [0.4, 0.5) is 0 Å². The maximum absolute atomic E-state index is 10.7. The molecule has 0 aromatic rings. The smallest absolute Gasteiger partial charge is 0.0675 e. The van der Waals surface area contributed by atoms with Crippen LogP contribution in [0.1, 0.15) is 51.9 Å². The Morgan fingerprint density at radius 1 is 1.20 bits per heavy atom. The predicted molar refractivity (Wildman–Crippen MR) is 60.7 cm³/mol. The molecule has 2 fully saturated rings. The minimum absolute atomic E-state index is 0.361. The fourth-order valence-corrected chi connectivity index (χ4v) is 3.15. The van der Waals surface area contributed by atoms with Gasteiger partial charge in [0.15, 0.2) is 0 Å². The summed E-state index contributed by atoms with van der Waals surface area (Å²) in [5.41, 5.74) is -0.361. The standard InChI is InChI=1S/C13H24O2/c1-11-4-2-3-7-13(11,14)10-12-5-8-15-9-6-12/h11-12,14H,2-10H2,1H3. The molecular formula is C13H24O2. The molecule has 15 heavy (non-hydrogen) atoms. The van der Waals surface area contributed by atoms with Gasteiger partial charge in [0.1, 0.15) is 0 Å². The second kappa shape index (κ2) is 4.84. The van der Waals surface area contributed by atoms with Crippen molar-refractivity contribution >= 4 is 0 Å². The maximum atomic E-state index is 10.7. The van der Waals surface area contributed by atoms with Gasteiger partial charge >= 0.3 is 0 Å². The summed E-state index contributed by atoms with van der Waals surface area (Å²) in [4.78, 5) is 0. The minimum Gasteiger partial charge on any atom is -0.390 e. The molecule has 2 atom stereocenters. The predicted octanol–water partition coefficient (Wildman–Crippen LogP) is 2.74. The highest BCUT2D eigenvalue weighted by molar-refractivity contribution is 4.89. The van der Waals surface area contributed by atoms with Gasteiger partial charge in [0.2, 0.25) is 0 Å². The SMILES string of the molecule is CC1CCCCC1(O)CC1CCOCC1. The van der Waals surface area contributed by atoms with E-state index >= 15 is 0 Å². The third-order valence-corrected chi connectivity index (χ3v) is 4.40. The van der Waals surface area contributed by atoms with Crippen molar-refractivity contribution in [3.8, 4) is 0 Å². The van der Waals surface area contributed by atoms with Crippen LogP contribution in [-0.4, -0.2) is 23.9 Å². The third kappa shape index (κ3) is 2.73. The molecule has 1 aliphatic heterocycles. The van der Waals surface area contributed by atoms with E-state index < -0.39 is 0 Å². The molecule has 2 rings (SSSR count). The second-order valence-electron chi connectivity index (χ2n) is 5.51. The van der Waals surface area contributed by atoms with Crippen molar-refractivity contribution in [2.45, 2.75) is 57.5 Å². The first kappa shape index (κ1) is 11.4. The number of rotatable bonds is 2. The van der Waals surface area contributed by atoms with Crippen LogP contribution in [0.15, 0.2) is 0 Å². The van der Waals surface area contributed by atoms with Crippen LogP contribution in [0.2, 0.25) is 0 Å². The molecule has 0 radical (unpaired) electrons. The Bertz CT molecular complexity index is 199. The lowest BCUT2D eigenvalue weighted by molar-refractivity contribution is -0.0709. The number of ether oxygens (including phenoxy) is 1. The normalized spacial score (nSPS) is 39.2. The molecule has 1 heterocycles. The van der Waals surface area contributed by atoms with Crippen LogP contribution in [0.3, 0.4) is 0 Å². The monoisotopic (exact) mass is 212 g/mol. The molecular weight excluding hydrogens is 188 g/mol. The Labute approximate surface area is 93.0 Å². The summed E-state index contributed by atoms with van der Waals surface area (Å²) in [6, 6.07) is 0. The zero-order chi connectivity index (χ0) is 10.7. The number of hydrogen-bond donors (Lipinski definition) is 1. The first-order chi connectivity index (χ1) is 7.21. The Balaban J connectivity index is 1.89. The summed E-state index contributed by atoms with van der Waals surface area (Å²) < 4.78 is 5.37. The third-order valence-electron chi connectivity index (χ3n) is 4.40. The van der Waals surface area contributed by atoms with Crippen molar-refractivity contribution < 1.29 is 9.84 Å². The van der Waals surface area contributed by atoms with Gasteiger partial charge in [-0.25, -0.2) is 0 Å². The fraction of sp³-hybridized carbons (Fsp3) is 1.00. The van der Waals surface area contributed by atoms with Crippen LogP contribution in [0.5, 0.6) is 0 Å². The van der Waals surface area contributed by atoms with Crippen LogP contribution in [-0.2, 0) is 4.74 Å². The zero-order valence-electron chi connectivity index (χ0n) is 9.87. The van der Waals surface area contributed by atoms with Crippen LogP contribution in [0.25, 0.3) is 0 Å². The molecule has 1 aliphatic carbocycles. The van der Waals surface area contributed by atoms with Gasteiger partial charge in [0.05, 0.1) is 5.60 Å². The summed E-state index contributed by atoms with van der Waals surface area (Å²) in [6.45, 7) is 4.02. The molecule has 1 saturated carbocycles. The second-order valence-corrected chi connectivity index (χ2v) is 5.51. The summed E-state index contributed by atoms with van der Waals surface area (Å²) in [6.07, 6.45) is 8.05. The molecule has 2 unspecified atom stereocenters. The van der Waals surface area contributed by atoms with E-state index in [4.69, 9.17) is 4.74 Å². The lowest BCUT2D eigenvalue weighted by atomic mass is 9.71. The molecule has 0 aromatic carbocycles. The first-order valence-electron chi connectivity index (χ1n) is 6.51. The van der Waals surface area contributed by atoms with Crippen molar-refractivity contribution in [1.82, 2.24) is 0 Å². The van der Waals surface area contributed by atoms with Crippen molar-refractivity contribution in [2.75, 3.05) is 13.2 Å². The van der Waals surface area contributed by atoms with E-state index in [1.54, 1.807) is 0 Å². The van der Waals surface area contributed by atoms with Gasteiger partial charge in [-0.2, -0.15) is 0 Å². The van der Waals surface area contributed by atoms with E-state index in [0.29, 0.717) is 11.8 Å². The maximum Gasteiger partial charge on any atom is 0.0675 e. The summed E-state index contributed by atoms with van der Waals surface area (Å²) in [5.74, 6) is 1.19. The molecule has 2 aliphatic rings. The van der Waals surface area contributed by atoms with Gasteiger partial charge in [0, 0.05) is 13.2 Å². The van der Waals surface area contributed by atoms with Gasteiger partial charge in [-0.05, 0) is 43.9 Å². The van der Waals surface area contributed by atoms with E-state index in [9.17, 15) is 5.11 Å². The zero-order valence-corrected chi connectivity index (χ0v) is 9.87. The fourth-order valence-electron chi connectivity index (χ4n) is 3.15. The van der Waals surface area contributed by atoms with E-state index in [-0.39, 0.29) is 5.60 Å². The van der Waals surface area contributed by atoms with E-state index in [1.165, 1.54) is 19.3 Å². The molecule has 2 nitrogen and oxygen atoms in total. The molecule has 88 valence electrons. The molecule has 0 spiro atoms. The van der Waals surface area contributed by atoms with Gasteiger partial charge in [-0.1, -0.05) is 19.8 Å². The van der Waals surface area contributed by atoms with Crippen molar-refractivity contribution in [1.29, 1.82) is 0 Å². The van der Waals surface area contributed by atoms with Crippen LogP contribution < -0.4 is 0 Å². The van der Waals surface area contributed by atoms with Crippen molar-refractivity contribution in [3.05, 3.63) is 0 Å².